The molecule has 2 aromatic carbocycles. The van der Waals surface area contributed by atoms with E-state index in [1.807, 2.05) is 59.5 Å². The van der Waals surface area contributed by atoms with E-state index >= 15 is 0 Å². The maximum atomic E-state index is 10.9. The van der Waals surface area contributed by atoms with Crippen molar-refractivity contribution >= 4 is 5.97 Å². The Hall–Kier alpha value is -2.33. The molecule has 2 aromatic rings. The topological polar surface area (TPSA) is 49.8 Å². The van der Waals surface area contributed by atoms with Crippen molar-refractivity contribution in [1.82, 2.24) is 4.90 Å². The van der Waals surface area contributed by atoms with Crippen molar-refractivity contribution in [3.63, 3.8) is 0 Å². The lowest BCUT2D eigenvalue weighted by atomic mass is 10.2. The molecule has 1 N–H and O–H groups in total. The highest BCUT2D eigenvalue weighted by Gasteiger charge is 2.09. The predicted octanol–water partition coefficient (Wildman–Crippen LogP) is 3.56. The lowest BCUT2D eigenvalue weighted by Gasteiger charge is -2.19. The molecule has 0 radical (unpaired) electrons. The quantitative estimate of drug-likeness (QED) is 0.769. The number of hydrogen-bond acceptors (Lipinski definition) is 3. The Morgan fingerprint density at radius 2 is 1.74 bits per heavy atom. The van der Waals surface area contributed by atoms with E-state index in [2.05, 4.69) is 6.92 Å². The average molecular weight is 313 g/mol. The molecule has 4 nitrogen and oxygen atoms in total. The van der Waals surface area contributed by atoms with Gasteiger partial charge in [0.25, 0.3) is 0 Å². The second-order valence-corrected chi connectivity index (χ2v) is 5.52. The Bertz CT molecular complexity index is 596. The van der Waals surface area contributed by atoms with Crippen molar-refractivity contribution in [2.45, 2.75) is 26.5 Å². The minimum atomic E-state index is -0.790. The van der Waals surface area contributed by atoms with Crippen molar-refractivity contribution in [1.29, 1.82) is 0 Å². The first-order valence-corrected chi connectivity index (χ1v) is 7.87. The zero-order chi connectivity index (χ0) is 16.5. The van der Waals surface area contributed by atoms with E-state index in [0.29, 0.717) is 13.2 Å². The van der Waals surface area contributed by atoms with Crippen LogP contribution in [0, 0.1) is 0 Å². The molecule has 0 unspecified atom stereocenters. The lowest BCUT2D eigenvalue weighted by Crippen LogP contribution is -2.30. The number of aliphatic carboxylic acids is 1. The third-order valence-electron chi connectivity index (χ3n) is 3.48. The fraction of sp³-hybridized carbons (Fsp3) is 0.316. The molecule has 0 saturated heterocycles. The number of carbonyl (C=O) groups is 1. The molecular formula is C19H23NO3. The summed E-state index contributed by atoms with van der Waals surface area (Å²) in [5.41, 5.74) is 2.22. The van der Waals surface area contributed by atoms with Crippen LogP contribution in [0.5, 0.6) is 5.75 Å². The first kappa shape index (κ1) is 17.0. The number of nitrogens with zero attached hydrogens (tertiary/aromatic N) is 1. The molecule has 0 aliphatic heterocycles. The number of ether oxygens (including phenoxy) is 1. The summed E-state index contributed by atoms with van der Waals surface area (Å²) in [5.74, 6) is 0.0270. The summed E-state index contributed by atoms with van der Waals surface area (Å²) < 4.78 is 5.76. The van der Waals surface area contributed by atoms with E-state index in [9.17, 15) is 4.79 Å². The van der Waals surface area contributed by atoms with E-state index in [4.69, 9.17) is 9.84 Å². The maximum Gasteiger partial charge on any atom is 0.317 e. The monoisotopic (exact) mass is 313 g/mol. The number of rotatable bonds is 9. The van der Waals surface area contributed by atoms with Crippen molar-refractivity contribution in [3.8, 4) is 5.75 Å². The molecule has 0 fully saturated rings. The SMILES string of the molecule is CCCN(CC(=O)O)Cc1ccc(OCc2ccccc2)cc1. The second kappa shape index (κ2) is 8.96. The number of carboxylic acids is 1. The number of hydrogen-bond donors (Lipinski definition) is 1. The van der Waals surface area contributed by atoms with E-state index in [1.54, 1.807) is 0 Å². The molecular weight excluding hydrogens is 290 g/mol. The van der Waals surface area contributed by atoms with Gasteiger partial charge in [-0.05, 0) is 36.2 Å². The molecule has 0 spiro atoms. The number of carboxylic acid groups (broad SMARTS) is 1. The van der Waals surface area contributed by atoms with Crippen molar-refractivity contribution in [2.24, 2.45) is 0 Å². The Labute approximate surface area is 137 Å². The molecule has 0 bridgehead atoms. The molecule has 0 aliphatic carbocycles. The van der Waals surface area contributed by atoms with Gasteiger partial charge in [0.1, 0.15) is 12.4 Å². The van der Waals surface area contributed by atoms with Crippen LogP contribution in [-0.4, -0.2) is 29.1 Å². The highest BCUT2D eigenvalue weighted by Crippen LogP contribution is 2.15. The molecule has 0 amide bonds. The molecule has 0 aromatic heterocycles. The Morgan fingerprint density at radius 3 is 2.35 bits per heavy atom. The molecule has 4 heteroatoms. The van der Waals surface area contributed by atoms with Gasteiger partial charge in [-0.2, -0.15) is 0 Å². The predicted molar refractivity (Wildman–Crippen MR) is 90.4 cm³/mol. The summed E-state index contributed by atoms with van der Waals surface area (Å²) in [6.45, 7) is 4.08. The summed E-state index contributed by atoms with van der Waals surface area (Å²) in [5, 5.41) is 8.95. The van der Waals surface area contributed by atoms with E-state index < -0.39 is 5.97 Å². The van der Waals surface area contributed by atoms with Gasteiger partial charge >= 0.3 is 5.97 Å². The standard InChI is InChI=1S/C19H23NO3/c1-2-12-20(14-19(21)22)13-16-8-10-18(11-9-16)23-15-17-6-4-3-5-7-17/h3-11H,2,12-15H2,1H3,(H,21,22). The van der Waals surface area contributed by atoms with Crippen LogP contribution in [0.15, 0.2) is 54.6 Å². The Kier molecular flexibility index (Phi) is 6.63. The van der Waals surface area contributed by atoms with Gasteiger partial charge in [-0.25, -0.2) is 0 Å². The zero-order valence-corrected chi connectivity index (χ0v) is 13.4. The van der Waals surface area contributed by atoms with Crippen LogP contribution in [-0.2, 0) is 17.9 Å². The van der Waals surface area contributed by atoms with Gasteiger partial charge in [0.2, 0.25) is 0 Å². The van der Waals surface area contributed by atoms with Crippen molar-refractivity contribution in [2.75, 3.05) is 13.1 Å². The van der Waals surface area contributed by atoms with E-state index in [0.717, 1.165) is 29.8 Å². The molecule has 0 atom stereocenters. The fourth-order valence-corrected chi connectivity index (χ4v) is 2.41. The average Bonchev–Trinajstić information content (AvgIpc) is 2.55. The van der Waals surface area contributed by atoms with Crippen LogP contribution in [0.3, 0.4) is 0 Å². The minimum Gasteiger partial charge on any atom is -0.489 e. The van der Waals surface area contributed by atoms with Crippen LogP contribution in [0.4, 0.5) is 0 Å². The molecule has 0 aliphatic rings. The highest BCUT2D eigenvalue weighted by molar-refractivity contribution is 5.69. The molecule has 0 saturated carbocycles. The largest absolute Gasteiger partial charge is 0.489 e. The summed E-state index contributed by atoms with van der Waals surface area (Å²) >= 11 is 0. The van der Waals surface area contributed by atoms with Crippen molar-refractivity contribution < 1.29 is 14.6 Å². The summed E-state index contributed by atoms with van der Waals surface area (Å²) in [6, 6.07) is 17.9. The zero-order valence-electron chi connectivity index (χ0n) is 13.4. The molecule has 2 rings (SSSR count). The Morgan fingerprint density at radius 1 is 1.04 bits per heavy atom. The van der Waals surface area contributed by atoms with Gasteiger partial charge in [0.05, 0.1) is 6.54 Å². The van der Waals surface area contributed by atoms with Crippen LogP contribution in [0.2, 0.25) is 0 Å². The second-order valence-electron chi connectivity index (χ2n) is 5.52. The van der Waals surface area contributed by atoms with E-state index in [1.165, 1.54) is 0 Å². The first-order chi connectivity index (χ1) is 11.2. The first-order valence-electron chi connectivity index (χ1n) is 7.87. The third kappa shape index (κ3) is 6.12. The van der Waals surface area contributed by atoms with Gasteiger partial charge < -0.3 is 9.84 Å². The Balaban J connectivity index is 1.89. The molecule has 23 heavy (non-hydrogen) atoms. The van der Waals surface area contributed by atoms with Gasteiger partial charge in [0, 0.05) is 6.54 Å². The van der Waals surface area contributed by atoms with Crippen LogP contribution in [0.25, 0.3) is 0 Å². The van der Waals surface area contributed by atoms with Crippen molar-refractivity contribution in [3.05, 3.63) is 65.7 Å². The third-order valence-corrected chi connectivity index (χ3v) is 3.48. The highest BCUT2D eigenvalue weighted by atomic mass is 16.5. The number of benzene rings is 2. The maximum absolute atomic E-state index is 10.9. The van der Waals surface area contributed by atoms with Gasteiger partial charge in [-0.1, -0.05) is 49.4 Å². The van der Waals surface area contributed by atoms with Gasteiger partial charge in [0.15, 0.2) is 0 Å². The summed E-state index contributed by atoms with van der Waals surface area (Å²) in [7, 11) is 0. The summed E-state index contributed by atoms with van der Waals surface area (Å²) in [6.07, 6.45) is 0.936. The minimum absolute atomic E-state index is 0.0695. The molecule has 0 heterocycles. The van der Waals surface area contributed by atoms with Gasteiger partial charge in [-0.3, -0.25) is 9.69 Å². The normalized spacial score (nSPS) is 10.7. The molecule has 122 valence electrons. The van der Waals surface area contributed by atoms with Gasteiger partial charge in [-0.15, -0.1) is 0 Å². The smallest absolute Gasteiger partial charge is 0.317 e. The lowest BCUT2D eigenvalue weighted by molar-refractivity contribution is -0.138. The van der Waals surface area contributed by atoms with Crippen LogP contribution < -0.4 is 4.74 Å². The fourth-order valence-electron chi connectivity index (χ4n) is 2.41. The summed E-state index contributed by atoms with van der Waals surface area (Å²) in [4.78, 5) is 12.8. The van der Waals surface area contributed by atoms with Crippen LogP contribution in [0.1, 0.15) is 24.5 Å². The van der Waals surface area contributed by atoms with Crippen LogP contribution >= 0.6 is 0 Å². The van der Waals surface area contributed by atoms with E-state index in [-0.39, 0.29) is 6.54 Å².